The van der Waals surface area contributed by atoms with Crippen molar-refractivity contribution in [3.05, 3.63) is 30.1 Å². The first-order valence-corrected chi connectivity index (χ1v) is 7.27. The number of nitrogens with zero attached hydrogens (tertiary/aromatic N) is 1. The summed E-state index contributed by atoms with van der Waals surface area (Å²) in [5.41, 5.74) is 1.10. The zero-order valence-corrected chi connectivity index (χ0v) is 11.8. The molecule has 19 heavy (non-hydrogen) atoms. The van der Waals surface area contributed by atoms with Crippen LogP contribution in [-0.4, -0.2) is 17.1 Å². The van der Waals surface area contributed by atoms with Crippen molar-refractivity contribution >= 4 is 5.97 Å². The largest absolute Gasteiger partial charge is 0.462 e. The normalized spacial score (nSPS) is 23.3. The molecule has 1 aliphatic carbocycles. The minimum absolute atomic E-state index is 0.0440. The number of pyridine rings is 1. The van der Waals surface area contributed by atoms with Gasteiger partial charge in [-0.3, -0.25) is 9.78 Å². The number of rotatable bonds is 4. The molecular formula is C16H23NO2. The van der Waals surface area contributed by atoms with Gasteiger partial charge in [0.25, 0.3) is 0 Å². The summed E-state index contributed by atoms with van der Waals surface area (Å²) in [5.74, 6) is 0.307. The van der Waals surface area contributed by atoms with Crippen molar-refractivity contribution in [2.24, 2.45) is 11.8 Å². The Bertz CT molecular complexity index is 402. The molecule has 0 amide bonds. The van der Waals surface area contributed by atoms with Crippen LogP contribution in [0.15, 0.2) is 24.4 Å². The Kier molecular flexibility index (Phi) is 4.94. The number of aromatic nitrogens is 1. The zero-order chi connectivity index (χ0) is 13.7. The highest BCUT2D eigenvalue weighted by Crippen LogP contribution is 2.29. The molecule has 1 aromatic heterocycles. The van der Waals surface area contributed by atoms with E-state index in [1.165, 1.54) is 6.42 Å². The summed E-state index contributed by atoms with van der Waals surface area (Å²) in [7, 11) is 0. The van der Waals surface area contributed by atoms with E-state index in [4.69, 9.17) is 4.74 Å². The lowest BCUT2D eigenvalue weighted by Crippen LogP contribution is -2.33. The lowest BCUT2D eigenvalue weighted by Gasteiger charge is -2.31. The molecule has 0 saturated heterocycles. The summed E-state index contributed by atoms with van der Waals surface area (Å²) in [5, 5.41) is 0. The third-order valence-electron chi connectivity index (χ3n) is 3.78. The summed E-state index contributed by atoms with van der Waals surface area (Å²) < 4.78 is 5.67. The molecule has 0 aromatic carbocycles. The molecule has 1 heterocycles. The van der Waals surface area contributed by atoms with Crippen LogP contribution in [0.5, 0.6) is 0 Å². The Balaban J connectivity index is 1.98. The molecule has 1 aromatic rings. The van der Waals surface area contributed by atoms with E-state index in [0.29, 0.717) is 5.92 Å². The van der Waals surface area contributed by atoms with Crippen LogP contribution in [0.2, 0.25) is 0 Å². The second-order valence-corrected chi connectivity index (χ2v) is 5.70. The summed E-state index contributed by atoms with van der Waals surface area (Å²) >= 11 is 0. The molecule has 1 aliphatic rings. The van der Waals surface area contributed by atoms with E-state index in [0.717, 1.165) is 31.4 Å². The van der Waals surface area contributed by atoms with Crippen molar-refractivity contribution < 1.29 is 9.53 Å². The van der Waals surface area contributed by atoms with Crippen LogP contribution in [-0.2, 0) is 16.0 Å². The van der Waals surface area contributed by atoms with Crippen LogP contribution in [0.4, 0.5) is 0 Å². The second-order valence-electron chi connectivity index (χ2n) is 5.70. The van der Waals surface area contributed by atoms with Gasteiger partial charge in [0.05, 0.1) is 5.92 Å². The van der Waals surface area contributed by atoms with Crippen LogP contribution in [0.25, 0.3) is 0 Å². The topological polar surface area (TPSA) is 39.2 Å². The Hall–Kier alpha value is -1.38. The maximum absolute atomic E-state index is 11.8. The van der Waals surface area contributed by atoms with Crippen molar-refractivity contribution in [3.63, 3.8) is 0 Å². The predicted octanol–water partition coefficient (Wildman–Crippen LogP) is 3.38. The van der Waals surface area contributed by atoms with Crippen molar-refractivity contribution in [1.82, 2.24) is 4.98 Å². The number of esters is 1. The van der Waals surface area contributed by atoms with Gasteiger partial charge in [-0.05, 0) is 37.8 Å². The van der Waals surface area contributed by atoms with Crippen LogP contribution in [0.3, 0.4) is 0 Å². The fourth-order valence-electron chi connectivity index (χ4n) is 2.64. The highest BCUT2D eigenvalue weighted by atomic mass is 16.5. The predicted molar refractivity (Wildman–Crippen MR) is 74.6 cm³/mol. The Morgan fingerprint density at radius 1 is 1.37 bits per heavy atom. The van der Waals surface area contributed by atoms with Gasteiger partial charge in [0.2, 0.25) is 0 Å². The third-order valence-corrected chi connectivity index (χ3v) is 3.78. The van der Waals surface area contributed by atoms with Crippen molar-refractivity contribution in [2.45, 2.75) is 52.1 Å². The van der Waals surface area contributed by atoms with Crippen LogP contribution < -0.4 is 0 Å². The van der Waals surface area contributed by atoms with Gasteiger partial charge in [-0.2, -0.15) is 0 Å². The van der Waals surface area contributed by atoms with Gasteiger partial charge in [-0.1, -0.05) is 26.3 Å². The minimum Gasteiger partial charge on any atom is -0.462 e. The lowest BCUT2D eigenvalue weighted by atomic mass is 9.83. The Labute approximate surface area is 115 Å². The van der Waals surface area contributed by atoms with Gasteiger partial charge in [0.1, 0.15) is 6.10 Å². The molecule has 0 spiro atoms. The Morgan fingerprint density at radius 2 is 2.16 bits per heavy atom. The second kappa shape index (κ2) is 6.69. The molecule has 2 atom stereocenters. The lowest BCUT2D eigenvalue weighted by molar-refractivity contribution is -0.157. The van der Waals surface area contributed by atoms with E-state index in [2.05, 4.69) is 11.1 Å². The molecule has 0 bridgehead atoms. The van der Waals surface area contributed by atoms with Gasteiger partial charge in [0.15, 0.2) is 0 Å². The van der Waals surface area contributed by atoms with Gasteiger partial charge < -0.3 is 4.74 Å². The molecule has 104 valence electrons. The quantitative estimate of drug-likeness (QED) is 0.780. The summed E-state index contributed by atoms with van der Waals surface area (Å²) in [4.78, 5) is 16.2. The third kappa shape index (κ3) is 4.05. The maximum atomic E-state index is 11.8. The van der Waals surface area contributed by atoms with Crippen molar-refractivity contribution in [1.29, 1.82) is 0 Å². The number of ether oxygens (including phenoxy) is 1. The monoisotopic (exact) mass is 261 g/mol. The van der Waals surface area contributed by atoms with Gasteiger partial charge in [-0.25, -0.2) is 0 Å². The fraction of sp³-hybridized carbons (Fsp3) is 0.625. The van der Waals surface area contributed by atoms with E-state index in [1.807, 2.05) is 32.2 Å². The van der Waals surface area contributed by atoms with Gasteiger partial charge >= 0.3 is 5.97 Å². The van der Waals surface area contributed by atoms with E-state index in [1.54, 1.807) is 0 Å². The van der Waals surface area contributed by atoms with Crippen molar-refractivity contribution in [3.8, 4) is 0 Å². The molecule has 0 N–H and O–H groups in total. The first-order chi connectivity index (χ1) is 9.16. The molecule has 0 radical (unpaired) electrons. The highest BCUT2D eigenvalue weighted by Gasteiger charge is 2.29. The molecule has 2 rings (SSSR count). The average Bonchev–Trinajstić information content (AvgIpc) is 2.42. The van der Waals surface area contributed by atoms with Gasteiger partial charge in [-0.15, -0.1) is 0 Å². The molecule has 0 unspecified atom stereocenters. The van der Waals surface area contributed by atoms with Crippen LogP contribution in [0, 0.1) is 11.8 Å². The maximum Gasteiger partial charge on any atom is 0.308 e. The van der Waals surface area contributed by atoms with Gasteiger partial charge in [0, 0.05) is 17.8 Å². The van der Waals surface area contributed by atoms with E-state index >= 15 is 0 Å². The number of hydrogen-bond donors (Lipinski definition) is 0. The number of carbonyl (C=O) groups excluding carboxylic acids is 1. The standard InChI is InChI=1S/C16H23NO2/c1-12(2)16(18)19-15-9-4-3-7-13(15)11-14-8-5-6-10-17-14/h5-6,8,10,12-13,15H,3-4,7,9,11H2,1-2H3/t13-,15-/m0/s1. The highest BCUT2D eigenvalue weighted by molar-refractivity contribution is 5.71. The fourth-order valence-corrected chi connectivity index (χ4v) is 2.64. The van der Waals surface area contributed by atoms with E-state index in [9.17, 15) is 4.79 Å². The smallest absolute Gasteiger partial charge is 0.308 e. The molecule has 1 fully saturated rings. The molecule has 3 nitrogen and oxygen atoms in total. The minimum atomic E-state index is -0.0714. The molecule has 1 saturated carbocycles. The zero-order valence-electron chi connectivity index (χ0n) is 11.8. The average molecular weight is 261 g/mol. The SMILES string of the molecule is CC(C)C(=O)O[C@H]1CCCC[C@H]1Cc1ccccn1. The van der Waals surface area contributed by atoms with Crippen LogP contribution in [0.1, 0.15) is 45.2 Å². The number of carbonyl (C=O) groups is 1. The van der Waals surface area contributed by atoms with Crippen molar-refractivity contribution in [2.75, 3.05) is 0 Å². The van der Waals surface area contributed by atoms with E-state index in [-0.39, 0.29) is 18.0 Å². The summed E-state index contributed by atoms with van der Waals surface area (Å²) in [6.45, 7) is 3.78. The molecule has 0 aliphatic heterocycles. The van der Waals surface area contributed by atoms with E-state index < -0.39 is 0 Å². The first kappa shape index (κ1) is 14.0. The summed E-state index contributed by atoms with van der Waals surface area (Å²) in [6.07, 6.45) is 7.33. The summed E-state index contributed by atoms with van der Waals surface area (Å²) in [6, 6.07) is 6.00. The molecular weight excluding hydrogens is 238 g/mol. The Morgan fingerprint density at radius 3 is 2.84 bits per heavy atom. The van der Waals surface area contributed by atoms with Crippen LogP contribution >= 0.6 is 0 Å². The number of hydrogen-bond acceptors (Lipinski definition) is 3. The first-order valence-electron chi connectivity index (χ1n) is 7.27. The molecule has 3 heteroatoms.